The van der Waals surface area contributed by atoms with Gasteiger partial charge in [-0.1, -0.05) is 11.6 Å². The molecule has 1 aromatic heterocycles. The van der Waals surface area contributed by atoms with E-state index in [4.69, 9.17) is 16.0 Å². The predicted molar refractivity (Wildman–Crippen MR) is 76.0 cm³/mol. The van der Waals surface area contributed by atoms with Crippen molar-refractivity contribution in [1.29, 1.82) is 0 Å². The average Bonchev–Trinajstić information content (AvgIpc) is 2.94. The van der Waals surface area contributed by atoms with E-state index in [1.165, 1.54) is 18.4 Å². The first-order valence-corrected chi connectivity index (χ1v) is 6.83. The molecule has 0 saturated carbocycles. The van der Waals surface area contributed by atoms with Gasteiger partial charge in [-0.25, -0.2) is 4.39 Å². The van der Waals surface area contributed by atoms with E-state index in [0.29, 0.717) is 29.3 Å². The van der Waals surface area contributed by atoms with Crippen LogP contribution >= 0.6 is 11.6 Å². The zero-order chi connectivity index (χ0) is 14.5. The number of hydrogen-bond acceptors (Lipinski definition) is 3. The minimum absolute atomic E-state index is 0.00785. The molecule has 2 aromatic rings. The van der Waals surface area contributed by atoms with Crippen LogP contribution in [-0.4, -0.2) is 11.1 Å². The van der Waals surface area contributed by atoms with Crippen molar-refractivity contribution in [2.75, 3.05) is 0 Å². The topological polar surface area (TPSA) is 45.4 Å². The molecule has 2 N–H and O–H groups in total. The third-order valence-corrected chi connectivity index (χ3v) is 3.33. The molecule has 108 valence electrons. The quantitative estimate of drug-likeness (QED) is 0.855. The monoisotopic (exact) mass is 297 g/mol. The molecule has 20 heavy (non-hydrogen) atoms. The first kappa shape index (κ1) is 15.0. The molecule has 0 aliphatic heterocycles. The second-order valence-corrected chi connectivity index (χ2v) is 5.22. The van der Waals surface area contributed by atoms with E-state index >= 15 is 0 Å². The number of benzene rings is 1. The van der Waals surface area contributed by atoms with Gasteiger partial charge in [0.25, 0.3) is 0 Å². The lowest BCUT2D eigenvalue weighted by molar-refractivity contribution is 0.128. The lowest BCUT2D eigenvalue weighted by atomic mass is 10.1. The van der Waals surface area contributed by atoms with Crippen molar-refractivity contribution in [1.82, 2.24) is 5.32 Å². The van der Waals surface area contributed by atoms with E-state index in [1.807, 2.05) is 6.92 Å². The van der Waals surface area contributed by atoms with Crippen LogP contribution in [0.3, 0.4) is 0 Å². The smallest absolute Gasteiger partial charge is 0.132 e. The summed E-state index contributed by atoms with van der Waals surface area (Å²) in [5.41, 5.74) is 0.511. The molecule has 1 aromatic carbocycles. The van der Waals surface area contributed by atoms with Gasteiger partial charge in [0.05, 0.1) is 6.26 Å². The minimum atomic E-state index is -0.670. The van der Waals surface area contributed by atoms with Crippen LogP contribution in [0.25, 0.3) is 0 Å². The van der Waals surface area contributed by atoms with E-state index in [-0.39, 0.29) is 11.9 Å². The summed E-state index contributed by atoms with van der Waals surface area (Å²) in [5.74, 6) is 0.244. The third kappa shape index (κ3) is 4.07. The van der Waals surface area contributed by atoms with Gasteiger partial charge in [0, 0.05) is 23.2 Å². The molecule has 2 atom stereocenters. The second kappa shape index (κ2) is 6.88. The molecular formula is C15H17ClFNO2. The number of nitrogens with one attached hydrogen (secondary N) is 1. The maximum Gasteiger partial charge on any atom is 0.132 e. The molecule has 0 radical (unpaired) electrons. The highest BCUT2D eigenvalue weighted by Crippen LogP contribution is 2.19. The Bertz CT molecular complexity index is 545. The fourth-order valence-electron chi connectivity index (χ4n) is 1.98. The number of halogens is 2. The van der Waals surface area contributed by atoms with E-state index in [1.54, 1.807) is 18.2 Å². The summed E-state index contributed by atoms with van der Waals surface area (Å²) in [7, 11) is 0. The summed E-state index contributed by atoms with van der Waals surface area (Å²) in [6.45, 7) is 2.28. The molecule has 0 amide bonds. The molecule has 2 rings (SSSR count). The van der Waals surface area contributed by atoms with Gasteiger partial charge in [-0.15, -0.1) is 0 Å². The van der Waals surface area contributed by atoms with E-state index < -0.39 is 6.10 Å². The lowest BCUT2D eigenvalue weighted by Crippen LogP contribution is -2.27. The molecule has 0 aliphatic carbocycles. The van der Waals surface area contributed by atoms with Crippen LogP contribution in [-0.2, 0) is 6.54 Å². The molecule has 3 nitrogen and oxygen atoms in total. The highest BCUT2D eigenvalue weighted by molar-refractivity contribution is 6.30. The SMILES string of the molecule is CC(CC(O)c1ccco1)NCc1cc(Cl)ccc1F. The Morgan fingerprint density at radius 1 is 1.40 bits per heavy atom. The Balaban J connectivity index is 1.86. The number of rotatable bonds is 6. The Kier molecular flexibility index (Phi) is 5.17. The molecule has 0 aliphatic rings. The number of aliphatic hydroxyl groups is 1. The molecule has 5 heteroatoms. The standard InChI is InChI=1S/C15H17ClFNO2/c1-10(7-14(19)15-3-2-6-20-15)18-9-11-8-12(16)4-5-13(11)17/h2-6,8,10,14,18-19H,7,9H2,1H3. The summed E-state index contributed by atoms with van der Waals surface area (Å²) >= 11 is 5.84. The molecule has 0 fully saturated rings. The number of hydrogen-bond donors (Lipinski definition) is 2. The molecule has 2 unspecified atom stereocenters. The highest BCUT2D eigenvalue weighted by Gasteiger charge is 2.15. The minimum Gasteiger partial charge on any atom is -0.467 e. The van der Waals surface area contributed by atoms with Gasteiger partial charge in [-0.3, -0.25) is 0 Å². The Morgan fingerprint density at radius 2 is 2.20 bits per heavy atom. The lowest BCUT2D eigenvalue weighted by Gasteiger charge is -2.17. The molecular weight excluding hydrogens is 281 g/mol. The second-order valence-electron chi connectivity index (χ2n) is 4.78. The van der Waals surface area contributed by atoms with Crippen LogP contribution in [0.2, 0.25) is 5.02 Å². The largest absolute Gasteiger partial charge is 0.467 e. The van der Waals surface area contributed by atoms with Crippen molar-refractivity contribution in [2.45, 2.75) is 32.0 Å². The van der Waals surface area contributed by atoms with Gasteiger partial charge < -0.3 is 14.8 Å². The maximum atomic E-state index is 13.5. The molecule has 0 bridgehead atoms. The van der Waals surface area contributed by atoms with Gasteiger partial charge in [-0.05, 0) is 43.7 Å². The fraction of sp³-hybridized carbons (Fsp3) is 0.333. The Hall–Kier alpha value is -1.36. The van der Waals surface area contributed by atoms with Gasteiger partial charge in [-0.2, -0.15) is 0 Å². The molecule has 0 spiro atoms. The van der Waals surface area contributed by atoms with Gasteiger partial charge in [0.1, 0.15) is 17.7 Å². The fourth-order valence-corrected chi connectivity index (χ4v) is 2.17. The summed E-state index contributed by atoms with van der Waals surface area (Å²) in [6, 6.07) is 7.94. The van der Waals surface area contributed by atoms with Crippen molar-refractivity contribution in [2.24, 2.45) is 0 Å². The maximum absolute atomic E-state index is 13.5. The normalized spacial score (nSPS) is 14.2. The summed E-state index contributed by atoms with van der Waals surface area (Å²) in [4.78, 5) is 0. The Morgan fingerprint density at radius 3 is 2.90 bits per heavy atom. The van der Waals surface area contributed by atoms with Crippen LogP contribution < -0.4 is 5.32 Å². The van der Waals surface area contributed by atoms with Crippen molar-refractivity contribution < 1.29 is 13.9 Å². The predicted octanol–water partition coefficient (Wildman–Crippen LogP) is 3.67. The van der Waals surface area contributed by atoms with E-state index in [0.717, 1.165) is 0 Å². The molecule has 1 heterocycles. The first-order valence-electron chi connectivity index (χ1n) is 6.45. The van der Waals surface area contributed by atoms with Crippen molar-refractivity contribution >= 4 is 11.6 Å². The Labute approximate surface area is 122 Å². The van der Waals surface area contributed by atoms with Crippen LogP contribution in [0, 0.1) is 5.82 Å². The van der Waals surface area contributed by atoms with Crippen LogP contribution in [0.1, 0.15) is 30.8 Å². The van der Waals surface area contributed by atoms with Crippen LogP contribution in [0.4, 0.5) is 4.39 Å². The van der Waals surface area contributed by atoms with Crippen LogP contribution in [0.5, 0.6) is 0 Å². The van der Waals surface area contributed by atoms with Crippen LogP contribution in [0.15, 0.2) is 41.0 Å². The van der Waals surface area contributed by atoms with Gasteiger partial charge >= 0.3 is 0 Å². The summed E-state index contributed by atoms with van der Waals surface area (Å²) in [6.07, 6.45) is 1.34. The third-order valence-electron chi connectivity index (χ3n) is 3.10. The van der Waals surface area contributed by atoms with Crippen molar-refractivity contribution in [3.8, 4) is 0 Å². The highest BCUT2D eigenvalue weighted by atomic mass is 35.5. The summed E-state index contributed by atoms with van der Waals surface area (Å²) in [5, 5.41) is 13.6. The van der Waals surface area contributed by atoms with E-state index in [2.05, 4.69) is 5.32 Å². The average molecular weight is 298 g/mol. The van der Waals surface area contributed by atoms with Gasteiger partial charge in [0.15, 0.2) is 0 Å². The number of aliphatic hydroxyl groups excluding tert-OH is 1. The van der Waals surface area contributed by atoms with E-state index in [9.17, 15) is 9.50 Å². The number of furan rings is 1. The zero-order valence-electron chi connectivity index (χ0n) is 11.1. The molecule has 0 saturated heterocycles. The summed E-state index contributed by atoms with van der Waals surface area (Å²) < 4.78 is 18.7. The van der Waals surface area contributed by atoms with Crippen molar-refractivity contribution in [3.63, 3.8) is 0 Å². The van der Waals surface area contributed by atoms with Gasteiger partial charge in [0.2, 0.25) is 0 Å². The van der Waals surface area contributed by atoms with Crippen molar-refractivity contribution in [3.05, 3.63) is 58.8 Å². The first-order chi connectivity index (χ1) is 9.56. The zero-order valence-corrected chi connectivity index (χ0v) is 11.9.